The van der Waals surface area contributed by atoms with Crippen molar-refractivity contribution in [2.24, 2.45) is 11.7 Å². The van der Waals surface area contributed by atoms with Gasteiger partial charge in [-0.15, -0.1) is 0 Å². The topological polar surface area (TPSA) is 84.7 Å². The van der Waals surface area contributed by atoms with Gasteiger partial charge in [-0.25, -0.2) is 0 Å². The summed E-state index contributed by atoms with van der Waals surface area (Å²) in [7, 11) is -3.54. The van der Waals surface area contributed by atoms with Gasteiger partial charge in [-0.3, -0.25) is 0 Å². The van der Waals surface area contributed by atoms with E-state index < -0.39 is 16.3 Å². The van der Waals surface area contributed by atoms with E-state index in [1.54, 1.807) is 0 Å². The summed E-state index contributed by atoms with van der Waals surface area (Å²) >= 11 is 5.07. The van der Waals surface area contributed by atoms with Crippen molar-refractivity contribution < 1.29 is 13.2 Å². The Hall–Kier alpha value is -0.280. The van der Waals surface area contributed by atoms with E-state index >= 15 is 0 Å². The van der Waals surface area contributed by atoms with Gasteiger partial charge in [0, 0.05) is 13.1 Å². The van der Waals surface area contributed by atoms with E-state index in [2.05, 4.69) is 4.72 Å². The average Bonchev–Trinajstić information content (AvgIpc) is 2.46. The zero-order chi connectivity index (χ0) is 14.6. The van der Waals surface area contributed by atoms with Crippen molar-refractivity contribution in [1.29, 1.82) is 0 Å². The molecule has 2 aliphatic rings. The smallest absolute Gasteiger partial charge is 0.280 e. The van der Waals surface area contributed by atoms with Crippen LogP contribution in [-0.2, 0) is 14.9 Å². The number of rotatable bonds is 5. The summed E-state index contributed by atoms with van der Waals surface area (Å²) in [5.74, 6) is 0.220. The molecule has 0 spiro atoms. The zero-order valence-electron chi connectivity index (χ0n) is 11.6. The first-order valence-electron chi connectivity index (χ1n) is 7.15. The Labute approximate surface area is 126 Å². The molecule has 0 bridgehead atoms. The van der Waals surface area contributed by atoms with E-state index in [9.17, 15) is 8.42 Å². The molecule has 1 atom stereocenters. The Morgan fingerprint density at radius 1 is 1.25 bits per heavy atom. The van der Waals surface area contributed by atoms with Gasteiger partial charge < -0.3 is 10.5 Å². The van der Waals surface area contributed by atoms with Crippen LogP contribution in [0.4, 0.5) is 0 Å². The highest BCUT2D eigenvalue weighted by atomic mass is 32.2. The molecule has 1 saturated carbocycles. The van der Waals surface area contributed by atoms with Crippen LogP contribution in [0.25, 0.3) is 0 Å². The van der Waals surface area contributed by atoms with Gasteiger partial charge in [-0.05, 0) is 18.8 Å². The third-order valence-electron chi connectivity index (χ3n) is 4.01. The van der Waals surface area contributed by atoms with Crippen LogP contribution in [-0.4, -0.2) is 50.1 Å². The lowest BCUT2D eigenvalue weighted by Crippen LogP contribution is -2.55. The number of nitrogens with zero attached hydrogens (tertiary/aromatic N) is 1. The van der Waals surface area contributed by atoms with E-state index in [4.69, 9.17) is 22.7 Å². The molecule has 8 heteroatoms. The van der Waals surface area contributed by atoms with Gasteiger partial charge >= 0.3 is 0 Å². The first-order valence-corrected chi connectivity index (χ1v) is 9.00. The Balaban J connectivity index is 2.04. The minimum Gasteiger partial charge on any atom is -0.392 e. The lowest BCUT2D eigenvalue weighted by molar-refractivity contribution is 0.0722. The first-order chi connectivity index (χ1) is 9.50. The molecule has 0 amide bonds. The lowest BCUT2D eigenvalue weighted by atomic mass is 9.84. The molecular formula is C12H23N3O3S2. The summed E-state index contributed by atoms with van der Waals surface area (Å²) in [5, 5.41) is 0. The van der Waals surface area contributed by atoms with Gasteiger partial charge in [0.05, 0.1) is 24.2 Å². The fourth-order valence-electron chi connectivity index (χ4n) is 2.88. The maximum absolute atomic E-state index is 12.4. The highest BCUT2D eigenvalue weighted by molar-refractivity contribution is 7.87. The summed E-state index contributed by atoms with van der Waals surface area (Å²) in [6, 6.07) is -0.432. The van der Waals surface area contributed by atoms with Crippen molar-refractivity contribution >= 4 is 27.4 Å². The van der Waals surface area contributed by atoms with Crippen molar-refractivity contribution in [1.82, 2.24) is 9.03 Å². The van der Waals surface area contributed by atoms with Crippen LogP contribution in [0.1, 0.15) is 32.1 Å². The van der Waals surface area contributed by atoms with E-state index in [-0.39, 0.29) is 10.9 Å². The third-order valence-corrected chi connectivity index (χ3v) is 5.86. The van der Waals surface area contributed by atoms with Gasteiger partial charge in [0.25, 0.3) is 10.2 Å². The van der Waals surface area contributed by atoms with Crippen molar-refractivity contribution in [3.8, 4) is 0 Å². The van der Waals surface area contributed by atoms with Crippen molar-refractivity contribution in [2.45, 2.75) is 38.1 Å². The molecule has 3 N–H and O–H groups in total. The number of nitrogens with one attached hydrogen (secondary N) is 1. The fraction of sp³-hybridized carbons (Fsp3) is 0.917. The number of ether oxygens (including phenoxy) is 1. The van der Waals surface area contributed by atoms with E-state index in [1.807, 2.05) is 0 Å². The predicted octanol–water partition coefficient (Wildman–Crippen LogP) is 0.388. The van der Waals surface area contributed by atoms with Crippen LogP contribution in [0.15, 0.2) is 0 Å². The van der Waals surface area contributed by atoms with Crippen molar-refractivity contribution in [3.05, 3.63) is 0 Å². The fourth-order valence-corrected chi connectivity index (χ4v) is 4.62. The predicted molar refractivity (Wildman–Crippen MR) is 81.6 cm³/mol. The molecule has 116 valence electrons. The molecule has 1 heterocycles. The van der Waals surface area contributed by atoms with E-state index in [1.165, 1.54) is 10.7 Å². The van der Waals surface area contributed by atoms with E-state index in [0.717, 1.165) is 25.7 Å². The number of nitrogens with two attached hydrogens (primary N) is 1. The van der Waals surface area contributed by atoms with Crippen molar-refractivity contribution in [3.63, 3.8) is 0 Å². The molecule has 1 unspecified atom stereocenters. The number of thiocarbonyl (C=S) groups is 1. The molecule has 6 nitrogen and oxygen atoms in total. The monoisotopic (exact) mass is 321 g/mol. The van der Waals surface area contributed by atoms with Gasteiger partial charge in [0.2, 0.25) is 0 Å². The summed E-state index contributed by atoms with van der Waals surface area (Å²) in [4.78, 5) is 0.244. The highest BCUT2D eigenvalue weighted by Crippen LogP contribution is 2.27. The quantitative estimate of drug-likeness (QED) is 0.716. The molecule has 1 aliphatic carbocycles. The zero-order valence-corrected chi connectivity index (χ0v) is 13.2. The summed E-state index contributed by atoms with van der Waals surface area (Å²) in [6.45, 7) is 1.62. The van der Waals surface area contributed by atoms with Crippen LogP contribution in [0.2, 0.25) is 0 Å². The summed E-state index contributed by atoms with van der Waals surface area (Å²) < 4.78 is 34.1. The maximum Gasteiger partial charge on any atom is 0.280 e. The number of morpholine rings is 1. The van der Waals surface area contributed by atoms with Crippen molar-refractivity contribution in [2.75, 3.05) is 26.3 Å². The molecular weight excluding hydrogens is 298 g/mol. The number of hydrogen-bond donors (Lipinski definition) is 2. The number of hydrogen-bond acceptors (Lipinski definition) is 4. The second kappa shape index (κ2) is 7.13. The SMILES string of the molecule is NC(=S)C(NS(=O)(=O)N1CCOCC1)C1CCCCC1. The third kappa shape index (κ3) is 4.11. The minimum atomic E-state index is -3.54. The molecule has 0 aromatic heterocycles. The average molecular weight is 321 g/mol. The maximum atomic E-state index is 12.4. The molecule has 1 saturated heterocycles. The molecule has 20 heavy (non-hydrogen) atoms. The Morgan fingerprint density at radius 3 is 2.40 bits per heavy atom. The van der Waals surface area contributed by atoms with E-state index in [0.29, 0.717) is 26.3 Å². The Morgan fingerprint density at radius 2 is 1.85 bits per heavy atom. The van der Waals surface area contributed by atoms with Crippen LogP contribution < -0.4 is 10.5 Å². The highest BCUT2D eigenvalue weighted by Gasteiger charge is 2.32. The normalized spacial score (nSPS) is 24.4. The minimum absolute atomic E-state index is 0.220. The molecule has 0 aromatic rings. The van der Waals surface area contributed by atoms with Gasteiger partial charge in [-0.2, -0.15) is 17.4 Å². The van der Waals surface area contributed by atoms with Gasteiger partial charge in [-0.1, -0.05) is 31.5 Å². The molecule has 2 rings (SSSR count). The summed E-state index contributed by atoms with van der Waals surface area (Å²) in [6.07, 6.45) is 5.39. The first kappa shape index (κ1) is 16.1. The molecule has 2 fully saturated rings. The molecule has 1 aliphatic heterocycles. The second-order valence-electron chi connectivity index (χ2n) is 5.41. The molecule has 0 radical (unpaired) electrons. The van der Waals surface area contributed by atoms with Crippen LogP contribution in [0.5, 0.6) is 0 Å². The standard InChI is InChI=1S/C12H23N3O3S2/c13-12(19)11(10-4-2-1-3-5-10)14-20(16,17)15-6-8-18-9-7-15/h10-11,14H,1-9H2,(H2,13,19). The Kier molecular flexibility index (Phi) is 5.74. The Bertz CT molecular complexity index is 429. The van der Waals surface area contributed by atoms with Crippen LogP contribution in [0, 0.1) is 5.92 Å². The van der Waals surface area contributed by atoms with Gasteiger partial charge in [0.1, 0.15) is 0 Å². The lowest BCUT2D eigenvalue weighted by Gasteiger charge is -2.33. The second-order valence-corrected chi connectivity index (χ2v) is 7.59. The van der Waals surface area contributed by atoms with Gasteiger partial charge in [0.15, 0.2) is 0 Å². The summed E-state index contributed by atoms with van der Waals surface area (Å²) in [5.41, 5.74) is 5.77. The van der Waals surface area contributed by atoms with Crippen LogP contribution >= 0.6 is 12.2 Å². The largest absolute Gasteiger partial charge is 0.392 e. The van der Waals surface area contributed by atoms with Crippen LogP contribution in [0.3, 0.4) is 0 Å². The molecule has 0 aromatic carbocycles.